The molecule has 5 heteroatoms. The lowest BCUT2D eigenvalue weighted by Crippen LogP contribution is -2.43. The van der Waals surface area contributed by atoms with Gasteiger partial charge in [-0.3, -0.25) is 4.79 Å². The number of benzene rings is 1. The van der Waals surface area contributed by atoms with E-state index in [9.17, 15) is 9.59 Å². The molecule has 2 rings (SSSR count). The van der Waals surface area contributed by atoms with E-state index in [2.05, 4.69) is 6.92 Å². The van der Waals surface area contributed by atoms with Gasteiger partial charge in [0, 0.05) is 12.2 Å². The van der Waals surface area contributed by atoms with Gasteiger partial charge in [0.05, 0.1) is 6.61 Å². The van der Waals surface area contributed by atoms with E-state index in [1.807, 2.05) is 37.3 Å². The Balaban J connectivity index is 2.15. The van der Waals surface area contributed by atoms with Gasteiger partial charge in [-0.2, -0.15) is 0 Å². The van der Waals surface area contributed by atoms with E-state index in [0.29, 0.717) is 18.8 Å². The summed E-state index contributed by atoms with van der Waals surface area (Å²) in [6.07, 6.45) is 3.08. The lowest BCUT2D eigenvalue weighted by Gasteiger charge is -2.28. The molecule has 1 fully saturated rings. The van der Waals surface area contributed by atoms with Crippen molar-refractivity contribution in [1.29, 1.82) is 0 Å². The minimum Gasteiger partial charge on any atom is -0.464 e. The first-order chi connectivity index (χ1) is 11.2. The van der Waals surface area contributed by atoms with E-state index >= 15 is 0 Å². The summed E-state index contributed by atoms with van der Waals surface area (Å²) in [6.45, 7) is 4.47. The van der Waals surface area contributed by atoms with E-state index in [0.717, 1.165) is 24.8 Å². The molecule has 126 valence electrons. The molecule has 1 heterocycles. The van der Waals surface area contributed by atoms with Gasteiger partial charge in [-0.15, -0.1) is 11.8 Å². The average molecular weight is 335 g/mol. The lowest BCUT2D eigenvalue weighted by atomic mass is 10.1. The van der Waals surface area contributed by atoms with Gasteiger partial charge in [-0.25, -0.2) is 4.79 Å². The van der Waals surface area contributed by atoms with Crippen LogP contribution in [0.4, 0.5) is 0 Å². The summed E-state index contributed by atoms with van der Waals surface area (Å²) in [5, 5.41) is -0.0982. The van der Waals surface area contributed by atoms with Crippen molar-refractivity contribution in [1.82, 2.24) is 4.90 Å². The molecule has 0 bridgehead atoms. The Morgan fingerprint density at radius 1 is 1.22 bits per heavy atom. The van der Waals surface area contributed by atoms with Gasteiger partial charge < -0.3 is 9.64 Å². The number of carbonyl (C=O) groups is 2. The van der Waals surface area contributed by atoms with Crippen LogP contribution in [0, 0.1) is 0 Å². The number of hydrogen-bond acceptors (Lipinski definition) is 4. The molecule has 1 aromatic carbocycles. The molecule has 0 spiro atoms. The maximum absolute atomic E-state index is 12.6. The molecule has 4 nitrogen and oxygen atoms in total. The van der Waals surface area contributed by atoms with Gasteiger partial charge in [0.2, 0.25) is 5.91 Å². The van der Waals surface area contributed by atoms with Crippen LogP contribution in [0.2, 0.25) is 0 Å². The van der Waals surface area contributed by atoms with Crippen LogP contribution >= 0.6 is 11.8 Å². The number of esters is 1. The molecular weight excluding hydrogens is 310 g/mol. The molecule has 0 radical (unpaired) electrons. The molecule has 23 heavy (non-hydrogen) atoms. The first-order valence-electron chi connectivity index (χ1n) is 8.33. The third-order valence-electron chi connectivity index (χ3n) is 3.85. The summed E-state index contributed by atoms with van der Waals surface area (Å²) < 4.78 is 5.36. The Bertz CT molecular complexity index is 520. The summed E-state index contributed by atoms with van der Waals surface area (Å²) in [5.41, 5.74) is 1.06. The molecule has 0 N–H and O–H groups in total. The van der Waals surface area contributed by atoms with Crippen molar-refractivity contribution in [3.05, 3.63) is 35.9 Å². The smallest absolute Gasteiger partial charge is 0.329 e. The topological polar surface area (TPSA) is 46.6 Å². The minimum atomic E-state index is -0.471. The predicted octanol–water partition coefficient (Wildman–Crippen LogP) is 3.77. The van der Waals surface area contributed by atoms with E-state index in [1.165, 1.54) is 0 Å². The normalized spacial score (nSPS) is 20.5. The van der Waals surface area contributed by atoms with Crippen LogP contribution in [0.3, 0.4) is 0 Å². The molecule has 0 saturated carbocycles. The molecule has 1 amide bonds. The molecular formula is C18H25NO3S. The van der Waals surface area contributed by atoms with Crippen molar-refractivity contribution in [3.8, 4) is 0 Å². The summed E-state index contributed by atoms with van der Waals surface area (Å²) in [6, 6.07) is 9.43. The van der Waals surface area contributed by atoms with Crippen LogP contribution in [0.15, 0.2) is 30.3 Å². The fourth-order valence-electron chi connectivity index (χ4n) is 2.62. The van der Waals surface area contributed by atoms with Gasteiger partial charge >= 0.3 is 5.97 Å². The first-order valence-corrected chi connectivity index (χ1v) is 9.38. The fourth-order valence-corrected chi connectivity index (χ4v) is 4.06. The van der Waals surface area contributed by atoms with E-state index in [1.54, 1.807) is 16.7 Å². The Morgan fingerprint density at radius 2 is 1.96 bits per heavy atom. The zero-order valence-corrected chi connectivity index (χ0v) is 14.7. The number of amides is 1. The number of thioether (sulfide) groups is 1. The quantitative estimate of drug-likeness (QED) is 0.562. The number of ether oxygens (including phenoxy) is 1. The third-order valence-corrected chi connectivity index (χ3v) is 5.17. The fraction of sp³-hybridized carbons (Fsp3) is 0.556. The van der Waals surface area contributed by atoms with Crippen molar-refractivity contribution in [2.24, 2.45) is 0 Å². The predicted molar refractivity (Wildman–Crippen MR) is 93.1 cm³/mol. The summed E-state index contributed by atoms with van der Waals surface area (Å²) in [5.74, 6) is 0.359. The van der Waals surface area contributed by atoms with Gasteiger partial charge in [0.15, 0.2) is 0 Å². The molecule has 1 saturated heterocycles. The Kier molecular flexibility index (Phi) is 6.96. The third kappa shape index (κ3) is 4.50. The van der Waals surface area contributed by atoms with Crippen molar-refractivity contribution in [3.63, 3.8) is 0 Å². The van der Waals surface area contributed by atoms with E-state index in [-0.39, 0.29) is 17.3 Å². The van der Waals surface area contributed by atoms with Crippen LogP contribution < -0.4 is 0 Å². The number of carbonyl (C=O) groups excluding carboxylic acids is 2. The number of hydrogen-bond donors (Lipinski definition) is 0. The summed E-state index contributed by atoms with van der Waals surface area (Å²) in [4.78, 5) is 26.7. The molecule has 2 atom stereocenters. The van der Waals surface area contributed by atoms with Crippen molar-refractivity contribution in [2.75, 3.05) is 12.4 Å². The molecule has 0 aromatic heterocycles. The standard InChI is InChI=1S/C18H25NO3S/c1-3-5-12-22-18(21)15-13-23-17(14-10-7-6-8-11-14)19(15)16(20)9-4-2/h6-8,10-11,15,17H,3-5,9,12-13H2,1-2H3/t15-,17+/m1/s1. The summed E-state index contributed by atoms with van der Waals surface area (Å²) in [7, 11) is 0. The maximum atomic E-state index is 12.6. The number of rotatable bonds is 7. The largest absolute Gasteiger partial charge is 0.464 e. The van der Waals surface area contributed by atoms with Gasteiger partial charge in [-0.05, 0) is 18.4 Å². The van der Waals surface area contributed by atoms with Crippen LogP contribution in [-0.2, 0) is 14.3 Å². The highest BCUT2D eigenvalue weighted by Gasteiger charge is 2.42. The summed E-state index contributed by atoms with van der Waals surface area (Å²) >= 11 is 1.64. The monoisotopic (exact) mass is 335 g/mol. The Morgan fingerprint density at radius 3 is 2.61 bits per heavy atom. The maximum Gasteiger partial charge on any atom is 0.329 e. The van der Waals surface area contributed by atoms with Crippen molar-refractivity contribution >= 4 is 23.6 Å². The van der Waals surface area contributed by atoms with Crippen LogP contribution in [0.25, 0.3) is 0 Å². The van der Waals surface area contributed by atoms with Crippen LogP contribution in [-0.4, -0.2) is 35.2 Å². The van der Waals surface area contributed by atoms with E-state index < -0.39 is 6.04 Å². The highest BCUT2D eigenvalue weighted by molar-refractivity contribution is 7.99. The second kappa shape index (κ2) is 8.96. The second-order valence-corrected chi connectivity index (χ2v) is 6.80. The number of unbranched alkanes of at least 4 members (excludes halogenated alkanes) is 1. The zero-order valence-electron chi connectivity index (χ0n) is 13.9. The van der Waals surface area contributed by atoms with Gasteiger partial charge in [-0.1, -0.05) is 50.6 Å². The Hall–Kier alpha value is -1.49. The van der Waals surface area contributed by atoms with Crippen LogP contribution in [0.1, 0.15) is 50.5 Å². The molecule has 1 aliphatic rings. The molecule has 1 aromatic rings. The Labute approximate surface area is 142 Å². The zero-order chi connectivity index (χ0) is 16.7. The average Bonchev–Trinajstić information content (AvgIpc) is 3.01. The minimum absolute atomic E-state index is 0.0313. The lowest BCUT2D eigenvalue weighted by molar-refractivity contribution is -0.154. The molecule has 0 aliphatic carbocycles. The first kappa shape index (κ1) is 17.9. The van der Waals surface area contributed by atoms with Crippen molar-refractivity contribution < 1.29 is 14.3 Å². The van der Waals surface area contributed by atoms with Gasteiger partial charge in [0.1, 0.15) is 11.4 Å². The number of nitrogens with zero attached hydrogens (tertiary/aromatic N) is 1. The molecule has 0 unspecified atom stereocenters. The van der Waals surface area contributed by atoms with Crippen molar-refractivity contribution in [2.45, 2.75) is 50.9 Å². The van der Waals surface area contributed by atoms with Gasteiger partial charge in [0.25, 0.3) is 0 Å². The molecule has 1 aliphatic heterocycles. The SMILES string of the molecule is CCCCOC(=O)[C@H]1CS[C@@H](c2ccccc2)N1C(=O)CCC. The van der Waals surface area contributed by atoms with E-state index in [4.69, 9.17) is 4.74 Å². The second-order valence-electron chi connectivity index (χ2n) is 5.68. The van der Waals surface area contributed by atoms with Crippen LogP contribution in [0.5, 0.6) is 0 Å². The highest BCUT2D eigenvalue weighted by Crippen LogP contribution is 2.42. The highest BCUT2D eigenvalue weighted by atomic mass is 32.2.